The van der Waals surface area contributed by atoms with Crippen LogP contribution < -0.4 is 4.74 Å². The summed E-state index contributed by atoms with van der Waals surface area (Å²) in [5, 5.41) is 10.1. The predicted molar refractivity (Wildman–Crippen MR) is 63.8 cm³/mol. The average Bonchev–Trinajstić information content (AvgIpc) is 2.90. The Hall–Kier alpha value is -1.44. The van der Waals surface area contributed by atoms with Gasteiger partial charge in [0.15, 0.2) is 0 Å². The highest BCUT2D eigenvalue weighted by molar-refractivity contribution is 5.73. The summed E-state index contributed by atoms with van der Waals surface area (Å²) in [6.45, 7) is 0. The minimum atomic E-state index is 0.0912. The maximum atomic E-state index is 10.1. The van der Waals surface area contributed by atoms with Crippen molar-refractivity contribution in [2.24, 2.45) is 0 Å². The van der Waals surface area contributed by atoms with Crippen LogP contribution in [0, 0.1) is 0 Å². The van der Waals surface area contributed by atoms with Crippen molar-refractivity contribution in [1.29, 1.82) is 0 Å². The van der Waals surface area contributed by atoms with Crippen LogP contribution in [0.2, 0.25) is 0 Å². The van der Waals surface area contributed by atoms with Crippen LogP contribution in [0.1, 0.15) is 36.8 Å². The van der Waals surface area contributed by atoms with E-state index in [0.717, 1.165) is 29.7 Å². The molecule has 0 unspecified atom stereocenters. The number of allylic oxidation sites excluding steroid dienone is 1. The van der Waals surface area contributed by atoms with Gasteiger partial charge in [-0.3, -0.25) is 0 Å². The summed E-state index contributed by atoms with van der Waals surface area (Å²) in [5.41, 5.74) is 2.25. The number of hydrogen-bond acceptors (Lipinski definition) is 2. The van der Waals surface area contributed by atoms with Gasteiger partial charge in [-0.15, -0.1) is 0 Å². The number of ether oxygens (including phenoxy) is 1. The minimum Gasteiger partial charge on any atom is -0.508 e. The van der Waals surface area contributed by atoms with E-state index in [0.29, 0.717) is 5.75 Å². The van der Waals surface area contributed by atoms with Gasteiger partial charge in [-0.2, -0.15) is 0 Å². The summed E-state index contributed by atoms with van der Waals surface area (Å²) < 4.78 is 5.35. The molecule has 1 aromatic carbocycles. The number of benzene rings is 1. The van der Waals surface area contributed by atoms with E-state index in [4.69, 9.17) is 4.74 Å². The van der Waals surface area contributed by atoms with Gasteiger partial charge in [0.25, 0.3) is 0 Å². The van der Waals surface area contributed by atoms with Gasteiger partial charge in [0.05, 0.1) is 7.11 Å². The zero-order valence-corrected chi connectivity index (χ0v) is 9.49. The van der Waals surface area contributed by atoms with Crippen LogP contribution in [-0.2, 0) is 5.41 Å². The standard InChI is InChI=1S/C14H16O2/c1-16-12-5-4-11(15)13-10(12)6-9-14(13)7-2-3-8-14/h4-6,9,15H,2-3,7-8H2,1H3. The highest BCUT2D eigenvalue weighted by Gasteiger charge is 2.40. The first-order valence-electron chi connectivity index (χ1n) is 5.86. The molecule has 2 nitrogen and oxygen atoms in total. The molecular formula is C14H16O2. The highest BCUT2D eigenvalue weighted by atomic mass is 16.5. The number of rotatable bonds is 1. The van der Waals surface area contributed by atoms with Gasteiger partial charge in [0.1, 0.15) is 11.5 Å². The number of methoxy groups -OCH3 is 1. The van der Waals surface area contributed by atoms with Gasteiger partial charge in [-0.1, -0.05) is 25.0 Å². The van der Waals surface area contributed by atoms with Crippen LogP contribution in [0.5, 0.6) is 11.5 Å². The quantitative estimate of drug-likeness (QED) is 0.781. The molecule has 2 heteroatoms. The Bertz CT molecular complexity index is 454. The number of phenolic OH excluding ortho intramolecular Hbond substituents is 1. The largest absolute Gasteiger partial charge is 0.508 e. The lowest BCUT2D eigenvalue weighted by atomic mass is 9.80. The third-order valence-electron chi connectivity index (χ3n) is 3.97. The molecule has 0 atom stereocenters. The van der Waals surface area contributed by atoms with Gasteiger partial charge in [0, 0.05) is 16.5 Å². The zero-order chi connectivity index (χ0) is 11.2. The molecule has 1 spiro atoms. The molecule has 0 heterocycles. The molecule has 0 radical (unpaired) electrons. The van der Waals surface area contributed by atoms with Crippen LogP contribution in [-0.4, -0.2) is 12.2 Å². The molecular weight excluding hydrogens is 200 g/mol. The van der Waals surface area contributed by atoms with Crippen LogP contribution in [0.15, 0.2) is 18.2 Å². The molecule has 1 aromatic rings. The van der Waals surface area contributed by atoms with Gasteiger partial charge in [-0.25, -0.2) is 0 Å². The number of phenols is 1. The van der Waals surface area contributed by atoms with Crippen LogP contribution in [0.4, 0.5) is 0 Å². The first-order chi connectivity index (χ1) is 7.77. The fourth-order valence-corrected chi connectivity index (χ4v) is 3.20. The minimum absolute atomic E-state index is 0.0912. The van der Waals surface area contributed by atoms with Gasteiger partial charge >= 0.3 is 0 Å². The Morgan fingerprint density at radius 3 is 2.69 bits per heavy atom. The maximum Gasteiger partial charge on any atom is 0.126 e. The molecule has 0 amide bonds. The fourth-order valence-electron chi connectivity index (χ4n) is 3.20. The van der Waals surface area contributed by atoms with Gasteiger partial charge < -0.3 is 9.84 Å². The second-order valence-electron chi connectivity index (χ2n) is 4.77. The lowest BCUT2D eigenvalue weighted by molar-refractivity contribution is 0.405. The highest BCUT2D eigenvalue weighted by Crippen LogP contribution is 2.52. The van der Waals surface area contributed by atoms with E-state index in [1.807, 2.05) is 6.07 Å². The SMILES string of the molecule is COc1ccc(O)c2c1C=CC21CCCC1. The summed E-state index contributed by atoms with van der Waals surface area (Å²) in [6.07, 6.45) is 9.17. The van der Waals surface area contributed by atoms with Gasteiger partial charge in [0.2, 0.25) is 0 Å². The second-order valence-corrected chi connectivity index (χ2v) is 4.77. The maximum absolute atomic E-state index is 10.1. The third-order valence-corrected chi connectivity index (χ3v) is 3.97. The Morgan fingerprint density at radius 1 is 1.25 bits per heavy atom. The van der Waals surface area contributed by atoms with E-state index in [1.54, 1.807) is 13.2 Å². The number of aromatic hydroxyl groups is 1. The Labute approximate surface area is 95.6 Å². The van der Waals surface area contributed by atoms with Gasteiger partial charge in [-0.05, 0) is 25.0 Å². The molecule has 0 bridgehead atoms. The summed E-state index contributed by atoms with van der Waals surface area (Å²) in [6, 6.07) is 3.59. The van der Waals surface area contributed by atoms with Crippen molar-refractivity contribution >= 4 is 6.08 Å². The van der Waals surface area contributed by atoms with Crippen molar-refractivity contribution in [2.45, 2.75) is 31.1 Å². The van der Waals surface area contributed by atoms with E-state index in [2.05, 4.69) is 12.2 Å². The molecule has 1 fully saturated rings. The Morgan fingerprint density at radius 2 is 2.00 bits per heavy atom. The fraction of sp³-hybridized carbons (Fsp3) is 0.429. The Balaban J connectivity index is 2.21. The molecule has 1 N–H and O–H groups in total. The molecule has 84 valence electrons. The van der Waals surface area contributed by atoms with Crippen molar-refractivity contribution in [3.05, 3.63) is 29.3 Å². The first kappa shape index (κ1) is 9.76. The molecule has 3 rings (SSSR count). The monoisotopic (exact) mass is 216 g/mol. The summed E-state index contributed by atoms with van der Waals surface area (Å²) in [5.74, 6) is 1.29. The van der Waals surface area contributed by atoms with Crippen molar-refractivity contribution < 1.29 is 9.84 Å². The molecule has 2 aliphatic carbocycles. The van der Waals surface area contributed by atoms with Crippen LogP contribution >= 0.6 is 0 Å². The summed E-state index contributed by atoms with van der Waals surface area (Å²) in [4.78, 5) is 0. The first-order valence-corrected chi connectivity index (χ1v) is 5.86. The predicted octanol–water partition coefficient (Wildman–Crippen LogP) is 3.24. The molecule has 0 saturated heterocycles. The Kier molecular flexibility index (Phi) is 2.00. The smallest absolute Gasteiger partial charge is 0.126 e. The normalized spacial score (nSPS) is 20.3. The van der Waals surface area contributed by atoms with E-state index in [-0.39, 0.29) is 5.41 Å². The number of hydrogen-bond donors (Lipinski definition) is 1. The molecule has 0 aliphatic heterocycles. The third kappa shape index (κ3) is 1.13. The van der Waals surface area contributed by atoms with Crippen molar-refractivity contribution in [1.82, 2.24) is 0 Å². The van der Waals surface area contributed by atoms with E-state index >= 15 is 0 Å². The molecule has 2 aliphatic rings. The van der Waals surface area contributed by atoms with E-state index in [9.17, 15) is 5.11 Å². The summed E-state index contributed by atoms with van der Waals surface area (Å²) >= 11 is 0. The van der Waals surface area contributed by atoms with Crippen molar-refractivity contribution in [3.8, 4) is 11.5 Å². The zero-order valence-electron chi connectivity index (χ0n) is 9.49. The van der Waals surface area contributed by atoms with Crippen molar-refractivity contribution in [2.75, 3.05) is 7.11 Å². The summed E-state index contributed by atoms with van der Waals surface area (Å²) in [7, 11) is 1.68. The van der Waals surface area contributed by atoms with Crippen molar-refractivity contribution in [3.63, 3.8) is 0 Å². The second kappa shape index (κ2) is 3.27. The van der Waals surface area contributed by atoms with E-state index in [1.165, 1.54) is 12.8 Å². The topological polar surface area (TPSA) is 29.5 Å². The molecule has 1 saturated carbocycles. The molecule has 16 heavy (non-hydrogen) atoms. The number of fused-ring (bicyclic) bond motifs is 2. The molecule has 0 aromatic heterocycles. The van der Waals surface area contributed by atoms with E-state index < -0.39 is 0 Å². The average molecular weight is 216 g/mol. The van der Waals surface area contributed by atoms with Crippen LogP contribution in [0.3, 0.4) is 0 Å². The lowest BCUT2D eigenvalue weighted by Gasteiger charge is -2.24. The lowest BCUT2D eigenvalue weighted by Crippen LogP contribution is -2.16. The van der Waals surface area contributed by atoms with Crippen LogP contribution in [0.25, 0.3) is 6.08 Å².